The Morgan fingerprint density at radius 3 is 0.268 bits per heavy atom. The van der Waals surface area contributed by atoms with Crippen LogP contribution in [-0.4, -0.2) is 112 Å². The first-order valence-corrected chi connectivity index (χ1v) is 18.3. The molecule has 10 N–H and O–H groups in total. The van der Waals surface area contributed by atoms with Crippen LogP contribution in [0.3, 0.4) is 0 Å². The van der Waals surface area contributed by atoms with Crippen LogP contribution in [0, 0.1) is 0 Å². The van der Waals surface area contributed by atoms with Gasteiger partial charge in [-0.1, -0.05) is 62.3 Å². The largest absolute Gasteiger partial charge is 0.481 e. The molecule has 0 aromatic heterocycles. The van der Waals surface area contributed by atoms with E-state index in [9.17, 15) is 43.2 Å². The van der Waals surface area contributed by atoms with Gasteiger partial charge >= 0.3 is 53.7 Å². The topological polar surface area (TPSA) is 356 Å². The molecular weight excluding hydrogens is 748 g/mol. The smallest absolute Gasteiger partial charge is 0.303 e. The number of carboxylic acids is 9. The number of hydrogen-bond acceptors (Lipinski definition) is 10. The summed E-state index contributed by atoms with van der Waals surface area (Å²) in [6.07, 6.45) is 9.21. The van der Waals surface area contributed by atoms with E-state index >= 15 is 0 Å². The fourth-order valence-electron chi connectivity index (χ4n) is 1.92. The molecule has 19 heteroatoms. The molecule has 338 valence electrons. The summed E-state index contributed by atoms with van der Waals surface area (Å²) in [4.78, 5) is 86.4. The Morgan fingerprint density at radius 1 is 0.214 bits per heavy atom. The highest BCUT2D eigenvalue weighted by Crippen LogP contribution is 1.86. The van der Waals surface area contributed by atoms with E-state index in [2.05, 4.69) is 0 Å². The monoisotopic (exact) mass is 824 g/mol. The van der Waals surface area contributed by atoms with Crippen molar-refractivity contribution in [3.05, 3.63) is 0 Å². The van der Waals surface area contributed by atoms with Gasteiger partial charge in [-0.05, 0) is 57.8 Å². The van der Waals surface area contributed by atoms with E-state index in [0.717, 1.165) is 64.9 Å². The highest BCUT2D eigenvalue weighted by molar-refractivity contribution is 5.68. The molecule has 0 bridgehead atoms. The minimum absolute atomic E-state index is 0.292. The Kier molecular flexibility index (Phi) is 102. The van der Waals surface area contributed by atoms with Crippen LogP contribution in [0.25, 0.3) is 0 Å². The van der Waals surface area contributed by atoms with Crippen molar-refractivity contribution in [2.24, 2.45) is 0 Å². The van der Waals surface area contributed by atoms with Gasteiger partial charge in [0.1, 0.15) is 0 Å². The SMILES string of the molecule is CCCC(=O)O.CCCC(=O)O.CCCC(=O)O.CCCC(=O)O.CCCC(=O)O.CCCC(=O)O.CCCC(=O)O.CCCC(=O)O.CCCC(=O)O.CO. The zero-order valence-corrected chi connectivity index (χ0v) is 35.4. The van der Waals surface area contributed by atoms with E-state index in [1.165, 1.54) is 0 Å². The normalized spacial score (nSPS) is 7.98. The molecule has 0 rings (SSSR count). The van der Waals surface area contributed by atoms with Gasteiger partial charge in [-0.2, -0.15) is 0 Å². The minimum Gasteiger partial charge on any atom is -0.481 e. The highest BCUT2D eigenvalue weighted by atomic mass is 16.4. The maximum atomic E-state index is 9.60. The van der Waals surface area contributed by atoms with Crippen molar-refractivity contribution in [3.63, 3.8) is 0 Å². The lowest BCUT2D eigenvalue weighted by atomic mass is 10.4. The highest BCUT2D eigenvalue weighted by Gasteiger charge is 1.91. The molecule has 0 aliphatic carbocycles. The van der Waals surface area contributed by atoms with E-state index in [-0.39, 0.29) is 0 Å². The molecule has 0 spiro atoms. The summed E-state index contributed by atoms with van der Waals surface area (Å²) in [5.74, 6) is -6.40. The second-order valence-corrected chi connectivity index (χ2v) is 10.3. The number of aliphatic carboxylic acids is 9. The van der Waals surface area contributed by atoms with Gasteiger partial charge in [0.05, 0.1) is 0 Å². The lowest BCUT2D eigenvalue weighted by Gasteiger charge is -1.79. The minimum atomic E-state index is -0.711. The lowest BCUT2D eigenvalue weighted by Crippen LogP contribution is -1.90. The number of aliphatic hydroxyl groups is 1. The van der Waals surface area contributed by atoms with Crippen LogP contribution in [0.1, 0.15) is 178 Å². The zero-order chi connectivity index (χ0) is 46.9. The summed E-state index contributed by atoms with van der Waals surface area (Å²) >= 11 is 0. The van der Waals surface area contributed by atoms with Crippen molar-refractivity contribution in [2.45, 2.75) is 178 Å². The quantitative estimate of drug-likeness (QED) is 0.0641. The molecule has 0 aromatic carbocycles. The van der Waals surface area contributed by atoms with Crippen LogP contribution < -0.4 is 0 Å². The summed E-state index contributed by atoms with van der Waals surface area (Å²) in [6, 6.07) is 0. The van der Waals surface area contributed by atoms with Gasteiger partial charge in [-0.15, -0.1) is 0 Å². The molecule has 0 aliphatic rings. The molecule has 0 saturated heterocycles. The number of hydrogen-bond donors (Lipinski definition) is 10. The third-order valence-electron chi connectivity index (χ3n) is 4.17. The van der Waals surface area contributed by atoms with Gasteiger partial charge in [-0.25, -0.2) is 0 Å². The summed E-state index contributed by atoms with van der Waals surface area (Å²) < 4.78 is 0. The van der Waals surface area contributed by atoms with E-state index in [4.69, 9.17) is 51.1 Å². The molecule has 0 fully saturated rings. The summed E-state index contributed by atoms with van der Waals surface area (Å²) in [5.41, 5.74) is 0. The van der Waals surface area contributed by atoms with E-state index in [0.29, 0.717) is 57.8 Å². The second kappa shape index (κ2) is 75.2. The number of aliphatic hydroxyl groups excluding tert-OH is 1. The molecule has 0 atom stereocenters. The van der Waals surface area contributed by atoms with Gasteiger partial charge in [0.15, 0.2) is 0 Å². The Hall–Kier alpha value is -4.81. The van der Waals surface area contributed by atoms with Crippen LogP contribution in [0.4, 0.5) is 0 Å². The number of rotatable bonds is 18. The number of carboxylic acid groups (broad SMARTS) is 9. The van der Waals surface area contributed by atoms with Crippen molar-refractivity contribution in [2.75, 3.05) is 7.11 Å². The van der Waals surface area contributed by atoms with Crippen molar-refractivity contribution in [1.29, 1.82) is 0 Å². The third kappa shape index (κ3) is 232. The molecule has 0 radical (unpaired) electrons. The van der Waals surface area contributed by atoms with Crippen LogP contribution in [0.5, 0.6) is 0 Å². The molecule has 0 aliphatic heterocycles. The van der Waals surface area contributed by atoms with Crippen molar-refractivity contribution in [3.8, 4) is 0 Å². The maximum Gasteiger partial charge on any atom is 0.303 e. The molecule has 0 heterocycles. The molecule has 0 aromatic rings. The molecular formula is C37H76O19. The van der Waals surface area contributed by atoms with Gasteiger partial charge in [0.25, 0.3) is 0 Å². The van der Waals surface area contributed by atoms with Gasteiger partial charge in [-0.3, -0.25) is 43.2 Å². The van der Waals surface area contributed by atoms with Crippen LogP contribution >= 0.6 is 0 Å². The zero-order valence-electron chi connectivity index (χ0n) is 35.4. The fraction of sp³-hybridized carbons (Fsp3) is 0.757. The molecule has 0 unspecified atom stereocenters. The predicted molar refractivity (Wildman–Crippen MR) is 211 cm³/mol. The van der Waals surface area contributed by atoms with Gasteiger partial charge in [0.2, 0.25) is 0 Å². The Labute approximate surface area is 332 Å². The van der Waals surface area contributed by atoms with E-state index in [1.54, 1.807) is 0 Å². The van der Waals surface area contributed by atoms with Crippen LogP contribution in [-0.2, 0) is 43.2 Å². The average Bonchev–Trinajstić information content (AvgIpc) is 3.04. The van der Waals surface area contributed by atoms with E-state index < -0.39 is 53.7 Å². The Bertz CT molecular complexity index is 676. The number of carbonyl (C=O) groups is 9. The molecule has 0 saturated carbocycles. The predicted octanol–water partition coefficient (Wildman–Crippen LogP) is 7.45. The maximum absolute atomic E-state index is 9.60. The van der Waals surface area contributed by atoms with Crippen molar-refractivity contribution >= 4 is 53.7 Å². The van der Waals surface area contributed by atoms with Crippen LogP contribution in [0.15, 0.2) is 0 Å². The summed E-state index contributed by atoms with van der Waals surface area (Å²) in [6.45, 7) is 16.6. The average molecular weight is 825 g/mol. The van der Waals surface area contributed by atoms with Crippen molar-refractivity contribution in [1.82, 2.24) is 0 Å². The summed E-state index contributed by atoms with van der Waals surface area (Å²) in [7, 11) is 1.00. The van der Waals surface area contributed by atoms with Gasteiger partial charge in [0, 0.05) is 64.9 Å². The van der Waals surface area contributed by atoms with Crippen molar-refractivity contribution < 1.29 is 94.2 Å². The first-order valence-electron chi connectivity index (χ1n) is 18.3. The first-order chi connectivity index (χ1) is 25.9. The standard InChI is InChI=1S/9C4H8O2.CH4O/c9*1-2-3-4(5)6;1-2/h9*2-3H2,1H3,(H,5,6);2H,1H3. The fourth-order valence-corrected chi connectivity index (χ4v) is 1.92. The Morgan fingerprint density at radius 2 is 0.268 bits per heavy atom. The van der Waals surface area contributed by atoms with Crippen LogP contribution in [0.2, 0.25) is 0 Å². The van der Waals surface area contributed by atoms with E-state index in [1.807, 2.05) is 62.3 Å². The molecule has 19 nitrogen and oxygen atoms in total. The second-order valence-electron chi connectivity index (χ2n) is 10.3. The Balaban J connectivity index is -0.0000000528. The lowest BCUT2D eigenvalue weighted by molar-refractivity contribution is -0.138. The third-order valence-corrected chi connectivity index (χ3v) is 4.17. The first kappa shape index (κ1) is 76.0. The summed E-state index contributed by atoms with van der Waals surface area (Å²) in [5, 5.41) is 78.2. The molecule has 0 amide bonds. The molecule has 56 heavy (non-hydrogen) atoms. The van der Waals surface area contributed by atoms with Gasteiger partial charge < -0.3 is 51.1 Å².